The van der Waals surface area contributed by atoms with E-state index < -0.39 is 0 Å². The van der Waals surface area contributed by atoms with Crippen LogP contribution in [-0.4, -0.2) is 23.0 Å². The molecule has 0 spiro atoms. The minimum atomic E-state index is -0.219. The molecule has 0 bridgehead atoms. The van der Waals surface area contributed by atoms with Crippen molar-refractivity contribution in [3.63, 3.8) is 0 Å². The van der Waals surface area contributed by atoms with Gasteiger partial charge in [-0.3, -0.25) is 4.79 Å². The number of phenols is 1. The molecule has 2 N–H and O–H groups in total. The number of ketones is 1. The Bertz CT molecular complexity index is 752. The second-order valence-corrected chi connectivity index (χ2v) is 6.50. The number of hydrogen-bond donors (Lipinski definition) is 2. The van der Waals surface area contributed by atoms with Crippen molar-refractivity contribution in [3.8, 4) is 11.8 Å². The number of nitrogens with zero attached hydrogens (tertiary/aromatic N) is 1. The third-order valence-corrected chi connectivity index (χ3v) is 3.89. The van der Waals surface area contributed by atoms with E-state index in [0.29, 0.717) is 11.1 Å². The summed E-state index contributed by atoms with van der Waals surface area (Å²) in [5, 5.41) is 21.8. The standard InChI is InChI=1S/C20H22N2O2.ClH/c1-20(2,13-15-6-4-3-5-7-15)22-14-19(24)16-8-9-18(23)17(12-16)10-11-21;/h3-9,12,22-23H,10,13-14H2,1-2H3;1H. The summed E-state index contributed by atoms with van der Waals surface area (Å²) in [6.45, 7) is 4.33. The van der Waals surface area contributed by atoms with Crippen LogP contribution in [-0.2, 0) is 12.8 Å². The highest BCUT2D eigenvalue weighted by molar-refractivity contribution is 5.98. The van der Waals surface area contributed by atoms with Gasteiger partial charge in [0.25, 0.3) is 0 Å². The number of phenolic OH excluding ortho intramolecular Hbond substituents is 1. The predicted octanol–water partition coefficient (Wildman–Crippen LogP) is 3.67. The first-order valence-corrected chi connectivity index (χ1v) is 7.92. The molecule has 5 heteroatoms. The predicted molar refractivity (Wildman–Crippen MR) is 101 cm³/mol. The van der Waals surface area contributed by atoms with E-state index in [0.717, 1.165) is 6.42 Å². The summed E-state index contributed by atoms with van der Waals surface area (Å²) >= 11 is 0. The molecule has 2 aromatic rings. The highest BCUT2D eigenvalue weighted by Crippen LogP contribution is 2.19. The number of carbonyl (C=O) groups excluding carboxylic acids is 1. The van der Waals surface area contributed by atoms with Crippen LogP contribution in [0, 0.1) is 11.3 Å². The van der Waals surface area contributed by atoms with Crippen molar-refractivity contribution in [2.24, 2.45) is 0 Å². The fourth-order valence-corrected chi connectivity index (χ4v) is 2.58. The summed E-state index contributed by atoms with van der Waals surface area (Å²) < 4.78 is 0. The number of Topliss-reactive ketones (excluding diaryl/α,β-unsaturated/α-hetero) is 1. The van der Waals surface area contributed by atoms with Crippen LogP contribution >= 0.6 is 12.4 Å². The summed E-state index contributed by atoms with van der Waals surface area (Å²) in [4.78, 5) is 12.4. The van der Waals surface area contributed by atoms with Crippen molar-refractivity contribution < 1.29 is 9.90 Å². The number of aromatic hydroxyl groups is 1. The largest absolute Gasteiger partial charge is 0.508 e. The van der Waals surface area contributed by atoms with Crippen LogP contribution < -0.4 is 5.32 Å². The van der Waals surface area contributed by atoms with Crippen LogP contribution in [0.3, 0.4) is 0 Å². The Balaban J connectivity index is 0.00000312. The molecule has 0 heterocycles. The molecule has 0 unspecified atom stereocenters. The monoisotopic (exact) mass is 358 g/mol. The zero-order chi connectivity index (χ0) is 17.6. The number of nitrogens with one attached hydrogen (secondary N) is 1. The summed E-state index contributed by atoms with van der Waals surface area (Å²) in [7, 11) is 0. The van der Waals surface area contributed by atoms with E-state index in [2.05, 4.69) is 31.3 Å². The number of halogens is 1. The van der Waals surface area contributed by atoms with Crippen LogP contribution in [0.1, 0.15) is 35.3 Å². The molecule has 0 radical (unpaired) electrons. The van der Waals surface area contributed by atoms with Gasteiger partial charge in [-0.2, -0.15) is 5.26 Å². The summed E-state index contributed by atoms with van der Waals surface area (Å²) in [5.41, 5.74) is 1.97. The topological polar surface area (TPSA) is 73.1 Å². The molecule has 2 aromatic carbocycles. The maximum atomic E-state index is 12.4. The van der Waals surface area contributed by atoms with Crippen LogP contribution in [0.4, 0.5) is 0 Å². The normalized spacial score (nSPS) is 10.6. The summed E-state index contributed by atoms with van der Waals surface area (Å²) in [5.74, 6) is -0.0132. The zero-order valence-electron chi connectivity index (χ0n) is 14.5. The minimum Gasteiger partial charge on any atom is -0.508 e. The minimum absolute atomic E-state index is 0. The molecule has 0 amide bonds. The fraction of sp³-hybridized carbons (Fsp3) is 0.300. The van der Waals surface area contributed by atoms with Crippen molar-refractivity contribution >= 4 is 18.2 Å². The Labute approximate surface area is 154 Å². The molecular formula is C20H23ClN2O2. The molecule has 0 saturated carbocycles. The Hall–Kier alpha value is -2.35. The maximum Gasteiger partial charge on any atom is 0.176 e. The molecule has 132 valence electrons. The van der Waals surface area contributed by atoms with Gasteiger partial charge in [0.05, 0.1) is 19.0 Å². The van der Waals surface area contributed by atoms with E-state index in [9.17, 15) is 9.90 Å². The molecular weight excluding hydrogens is 336 g/mol. The van der Waals surface area contributed by atoms with Crippen LogP contribution in [0.2, 0.25) is 0 Å². The molecule has 0 aliphatic rings. The quantitative estimate of drug-likeness (QED) is 0.740. The lowest BCUT2D eigenvalue weighted by Crippen LogP contribution is -2.44. The van der Waals surface area contributed by atoms with E-state index in [-0.39, 0.29) is 42.4 Å². The molecule has 0 aliphatic heterocycles. The third kappa shape index (κ3) is 6.22. The molecule has 4 nitrogen and oxygen atoms in total. The smallest absolute Gasteiger partial charge is 0.176 e. The number of carbonyl (C=O) groups is 1. The van der Waals surface area contributed by atoms with Crippen molar-refractivity contribution in [2.75, 3.05) is 6.54 Å². The average Bonchev–Trinajstić information content (AvgIpc) is 2.55. The molecule has 0 aliphatic carbocycles. The molecule has 0 fully saturated rings. The molecule has 25 heavy (non-hydrogen) atoms. The lowest BCUT2D eigenvalue weighted by Gasteiger charge is -2.26. The Kier molecular flexibility index (Phi) is 7.63. The second kappa shape index (κ2) is 9.22. The highest BCUT2D eigenvalue weighted by atomic mass is 35.5. The molecule has 2 rings (SSSR count). The van der Waals surface area contributed by atoms with Gasteiger partial charge in [0.15, 0.2) is 5.78 Å². The fourth-order valence-electron chi connectivity index (χ4n) is 2.58. The van der Waals surface area contributed by atoms with E-state index in [1.165, 1.54) is 11.6 Å². The van der Waals surface area contributed by atoms with E-state index in [1.807, 2.05) is 24.3 Å². The third-order valence-electron chi connectivity index (χ3n) is 3.89. The number of rotatable bonds is 7. The Morgan fingerprint density at radius 2 is 1.88 bits per heavy atom. The van der Waals surface area contributed by atoms with Crippen molar-refractivity contribution in [3.05, 3.63) is 65.2 Å². The average molecular weight is 359 g/mol. The van der Waals surface area contributed by atoms with Gasteiger partial charge in [-0.15, -0.1) is 12.4 Å². The first kappa shape index (κ1) is 20.7. The highest BCUT2D eigenvalue weighted by Gasteiger charge is 2.19. The van der Waals surface area contributed by atoms with Gasteiger partial charge in [0.2, 0.25) is 0 Å². The van der Waals surface area contributed by atoms with Crippen LogP contribution in [0.5, 0.6) is 5.75 Å². The molecule has 0 aromatic heterocycles. The van der Waals surface area contributed by atoms with E-state index in [4.69, 9.17) is 5.26 Å². The van der Waals surface area contributed by atoms with Gasteiger partial charge < -0.3 is 10.4 Å². The van der Waals surface area contributed by atoms with Crippen molar-refractivity contribution in [1.82, 2.24) is 5.32 Å². The van der Waals surface area contributed by atoms with Crippen LogP contribution in [0.15, 0.2) is 48.5 Å². The maximum absolute atomic E-state index is 12.4. The first-order valence-electron chi connectivity index (χ1n) is 7.92. The van der Waals surface area contributed by atoms with E-state index in [1.54, 1.807) is 12.1 Å². The summed E-state index contributed by atoms with van der Waals surface area (Å²) in [6, 6.07) is 16.8. The summed E-state index contributed by atoms with van der Waals surface area (Å²) in [6.07, 6.45) is 0.899. The molecule has 0 atom stereocenters. The van der Waals surface area contributed by atoms with Gasteiger partial charge >= 0.3 is 0 Å². The van der Waals surface area contributed by atoms with Gasteiger partial charge in [-0.25, -0.2) is 0 Å². The van der Waals surface area contributed by atoms with Gasteiger partial charge in [0.1, 0.15) is 5.75 Å². The molecule has 0 saturated heterocycles. The first-order chi connectivity index (χ1) is 11.4. The Morgan fingerprint density at radius 3 is 2.52 bits per heavy atom. The number of benzene rings is 2. The zero-order valence-corrected chi connectivity index (χ0v) is 15.3. The number of nitriles is 1. The van der Waals surface area contributed by atoms with Gasteiger partial charge in [0, 0.05) is 16.7 Å². The van der Waals surface area contributed by atoms with E-state index >= 15 is 0 Å². The Morgan fingerprint density at radius 1 is 1.20 bits per heavy atom. The SMILES string of the molecule is CC(C)(Cc1ccccc1)NCC(=O)c1ccc(O)c(CC#N)c1.Cl. The van der Waals surface area contributed by atoms with Gasteiger partial charge in [-0.1, -0.05) is 30.3 Å². The van der Waals surface area contributed by atoms with Crippen LogP contribution in [0.25, 0.3) is 0 Å². The lowest BCUT2D eigenvalue weighted by molar-refractivity contribution is 0.0980. The van der Waals surface area contributed by atoms with Crippen molar-refractivity contribution in [2.45, 2.75) is 32.2 Å². The van der Waals surface area contributed by atoms with Gasteiger partial charge in [-0.05, 0) is 44.0 Å². The lowest BCUT2D eigenvalue weighted by atomic mass is 9.94. The number of hydrogen-bond acceptors (Lipinski definition) is 4. The second-order valence-electron chi connectivity index (χ2n) is 6.50. The van der Waals surface area contributed by atoms with Crippen molar-refractivity contribution in [1.29, 1.82) is 5.26 Å².